The zero-order valence-electron chi connectivity index (χ0n) is 18.7. The molecule has 29 heavy (non-hydrogen) atoms. The summed E-state index contributed by atoms with van der Waals surface area (Å²) in [7, 11) is 1.39. The first-order valence-electron chi connectivity index (χ1n) is 12.0. The van der Waals surface area contributed by atoms with Crippen LogP contribution in [0.3, 0.4) is 0 Å². The van der Waals surface area contributed by atoms with Crippen LogP contribution in [0.2, 0.25) is 0 Å². The average molecular weight is 405 g/mol. The van der Waals surface area contributed by atoms with E-state index in [1.165, 1.54) is 78.2 Å². The van der Waals surface area contributed by atoms with E-state index in [0.29, 0.717) is 36.0 Å². The van der Waals surface area contributed by atoms with Crippen LogP contribution in [0.15, 0.2) is 11.3 Å². The Bertz CT molecular complexity index is 592. The van der Waals surface area contributed by atoms with Gasteiger partial charge in [0.25, 0.3) is 0 Å². The normalized spacial score (nSPS) is 33.3. The summed E-state index contributed by atoms with van der Waals surface area (Å²) < 4.78 is 10.3. The van der Waals surface area contributed by atoms with E-state index in [-0.39, 0.29) is 11.9 Å². The monoisotopic (exact) mass is 404 g/mol. The van der Waals surface area contributed by atoms with E-state index in [1.54, 1.807) is 0 Å². The molecule has 1 unspecified atom stereocenters. The molecule has 0 heterocycles. The molecule has 0 aliphatic heterocycles. The van der Waals surface area contributed by atoms with Crippen LogP contribution in [0.5, 0.6) is 0 Å². The maximum Gasteiger partial charge on any atom is 0.337 e. The quantitative estimate of drug-likeness (QED) is 0.495. The van der Waals surface area contributed by atoms with Crippen LogP contribution < -0.4 is 0 Å². The first-order chi connectivity index (χ1) is 14.0. The van der Waals surface area contributed by atoms with Crippen LogP contribution in [-0.2, 0) is 19.1 Å². The molecular weight excluding hydrogens is 364 g/mol. The molecule has 0 aromatic rings. The van der Waals surface area contributed by atoms with Gasteiger partial charge in [0.05, 0.1) is 12.7 Å². The van der Waals surface area contributed by atoms with E-state index in [9.17, 15) is 9.59 Å². The lowest BCUT2D eigenvalue weighted by Crippen LogP contribution is -2.30. The van der Waals surface area contributed by atoms with E-state index in [2.05, 4.69) is 6.92 Å². The SMILES string of the molecule is CCC[C@H]1CC[C@H](C2CCC(C3CCC(C(=O)OC)=C(OC(C)=O)C3)CC2)CC1. The number of methoxy groups -OCH3 is 1. The summed E-state index contributed by atoms with van der Waals surface area (Å²) in [5, 5.41) is 0. The van der Waals surface area contributed by atoms with Gasteiger partial charge in [-0.2, -0.15) is 0 Å². The summed E-state index contributed by atoms with van der Waals surface area (Å²) in [6.45, 7) is 3.72. The number of carbonyl (C=O) groups is 2. The highest BCUT2D eigenvalue weighted by Crippen LogP contribution is 2.46. The number of hydrogen-bond acceptors (Lipinski definition) is 4. The zero-order chi connectivity index (χ0) is 20.8. The van der Waals surface area contributed by atoms with Gasteiger partial charge in [0.1, 0.15) is 5.76 Å². The lowest BCUT2D eigenvalue weighted by atomic mass is 9.65. The van der Waals surface area contributed by atoms with Gasteiger partial charge in [-0.3, -0.25) is 4.79 Å². The minimum Gasteiger partial charge on any atom is -0.466 e. The summed E-state index contributed by atoms with van der Waals surface area (Å²) in [6, 6.07) is 0. The second-order valence-corrected chi connectivity index (χ2v) is 9.73. The van der Waals surface area contributed by atoms with Gasteiger partial charge >= 0.3 is 11.9 Å². The van der Waals surface area contributed by atoms with Gasteiger partial charge in [0.2, 0.25) is 0 Å². The maximum absolute atomic E-state index is 12.1. The van der Waals surface area contributed by atoms with Crippen molar-refractivity contribution >= 4 is 11.9 Å². The molecule has 3 aliphatic carbocycles. The highest BCUT2D eigenvalue weighted by molar-refractivity contribution is 5.89. The van der Waals surface area contributed by atoms with Gasteiger partial charge in [-0.05, 0) is 81.0 Å². The summed E-state index contributed by atoms with van der Waals surface area (Å²) in [4.78, 5) is 23.6. The molecule has 1 atom stereocenters. The highest BCUT2D eigenvalue weighted by Gasteiger charge is 2.36. The minimum atomic E-state index is -0.345. The fraction of sp³-hybridized carbons (Fsp3) is 0.840. The summed E-state index contributed by atoms with van der Waals surface area (Å²) in [6.07, 6.45) is 16.3. The van der Waals surface area contributed by atoms with Crippen molar-refractivity contribution in [3.8, 4) is 0 Å². The Morgan fingerprint density at radius 2 is 1.41 bits per heavy atom. The van der Waals surface area contributed by atoms with E-state index in [4.69, 9.17) is 9.47 Å². The molecule has 0 radical (unpaired) electrons. The molecule has 3 rings (SSSR count). The molecule has 3 aliphatic rings. The Kier molecular flexibility index (Phi) is 8.20. The number of ether oxygens (including phenoxy) is 2. The lowest BCUT2D eigenvalue weighted by molar-refractivity contribution is -0.139. The predicted octanol–water partition coefficient (Wildman–Crippen LogP) is 6.19. The van der Waals surface area contributed by atoms with E-state index in [0.717, 1.165) is 24.2 Å². The predicted molar refractivity (Wildman–Crippen MR) is 114 cm³/mol. The van der Waals surface area contributed by atoms with Crippen LogP contribution in [-0.4, -0.2) is 19.0 Å². The molecular formula is C25H40O4. The first-order valence-corrected chi connectivity index (χ1v) is 12.0. The fourth-order valence-electron chi connectivity index (χ4n) is 6.40. The molecule has 164 valence electrons. The third-order valence-corrected chi connectivity index (χ3v) is 7.99. The van der Waals surface area contributed by atoms with Gasteiger partial charge in [0, 0.05) is 13.3 Å². The maximum atomic E-state index is 12.1. The van der Waals surface area contributed by atoms with Crippen molar-refractivity contribution in [1.82, 2.24) is 0 Å². The summed E-state index contributed by atoms with van der Waals surface area (Å²) in [5.74, 6) is 3.98. The van der Waals surface area contributed by atoms with Crippen molar-refractivity contribution in [2.24, 2.45) is 29.6 Å². The summed E-state index contributed by atoms with van der Waals surface area (Å²) in [5.41, 5.74) is 0.566. The summed E-state index contributed by atoms with van der Waals surface area (Å²) >= 11 is 0. The molecule has 4 heteroatoms. The molecule has 4 nitrogen and oxygen atoms in total. The zero-order valence-corrected chi connectivity index (χ0v) is 18.7. The Labute approximate surface area is 176 Å². The van der Waals surface area contributed by atoms with Crippen molar-refractivity contribution in [3.63, 3.8) is 0 Å². The molecule has 0 aromatic carbocycles. The van der Waals surface area contributed by atoms with Crippen LogP contribution in [0.4, 0.5) is 0 Å². The van der Waals surface area contributed by atoms with Gasteiger partial charge in [-0.1, -0.05) is 32.6 Å². The number of rotatable bonds is 6. The Morgan fingerprint density at radius 1 is 0.862 bits per heavy atom. The van der Waals surface area contributed by atoms with Crippen LogP contribution in [0.25, 0.3) is 0 Å². The van der Waals surface area contributed by atoms with E-state index in [1.807, 2.05) is 0 Å². The van der Waals surface area contributed by atoms with Crippen molar-refractivity contribution in [2.45, 2.75) is 97.3 Å². The van der Waals surface area contributed by atoms with Gasteiger partial charge in [-0.25, -0.2) is 4.79 Å². The minimum absolute atomic E-state index is 0.343. The second kappa shape index (κ2) is 10.6. The topological polar surface area (TPSA) is 52.6 Å². The number of carbonyl (C=O) groups excluding carboxylic acids is 2. The van der Waals surface area contributed by atoms with E-state index < -0.39 is 0 Å². The molecule has 0 saturated heterocycles. The first kappa shape index (κ1) is 22.4. The number of hydrogen-bond donors (Lipinski definition) is 0. The Balaban J connectivity index is 1.51. The average Bonchev–Trinajstić information content (AvgIpc) is 2.74. The second-order valence-electron chi connectivity index (χ2n) is 9.73. The Morgan fingerprint density at radius 3 is 1.93 bits per heavy atom. The van der Waals surface area contributed by atoms with E-state index >= 15 is 0 Å². The van der Waals surface area contributed by atoms with Crippen LogP contribution in [0, 0.1) is 29.6 Å². The van der Waals surface area contributed by atoms with Crippen LogP contribution in [0.1, 0.15) is 97.3 Å². The lowest BCUT2D eigenvalue weighted by Gasteiger charge is -2.40. The fourth-order valence-corrected chi connectivity index (χ4v) is 6.40. The molecule has 0 aromatic heterocycles. The third kappa shape index (κ3) is 5.86. The molecule has 0 amide bonds. The highest BCUT2D eigenvalue weighted by atomic mass is 16.5. The molecule has 2 saturated carbocycles. The van der Waals surface area contributed by atoms with Crippen molar-refractivity contribution in [1.29, 1.82) is 0 Å². The standard InChI is InChI=1S/C25H40O4/c1-4-5-18-6-8-19(9-7-18)20-10-12-21(13-11-20)22-14-15-23(25(27)28-3)24(16-22)29-17(2)26/h18-22H,4-16H2,1-3H3/t18-,19-,20?,21?,22?. The molecule has 0 bridgehead atoms. The van der Waals surface area contributed by atoms with Gasteiger partial charge in [-0.15, -0.1) is 0 Å². The number of allylic oxidation sites excluding steroid dienone is 1. The van der Waals surface area contributed by atoms with Crippen molar-refractivity contribution in [3.05, 3.63) is 11.3 Å². The largest absolute Gasteiger partial charge is 0.466 e. The van der Waals surface area contributed by atoms with Gasteiger partial charge < -0.3 is 9.47 Å². The Hall–Kier alpha value is -1.32. The molecule has 2 fully saturated rings. The third-order valence-electron chi connectivity index (χ3n) is 7.99. The number of esters is 2. The van der Waals surface area contributed by atoms with Gasteiger partial charge in [0.15, 0.2) is 0 Å². The van der Waals surface area contributed by atoms with Crippen LogP contribution >= 0.6 is 0 Å². The molecule has 0 N–H and O–H groups in total. The van der Waals surface area contributed by atoms with Crippen molar-refractivity contribution < 1.29 is 19.1 Å². The van der Waals surface area contributed by atoms with Crippen molar-refractivity contribution in [2.75, 3.05) is 7.11 Å². The smallest absolute Gasteiger partial charge is 0.337 e. The molecule has 0 spiro atoms.